The smallest absolute Gasteiger partial charge is 0.0396 e. The molecule has 110 valence electrons. The maximum Gasteiger partial charge on any atom is 0.0396 e. The van der Waals surface area contributed by atoms with Crippen molar-refractivity contribution in [3.8, 4) is 22.3 Å². The molecule has 0 aliphatic heterocycles. The van der Waals surface area contributed by atoms with Crippen LogP contribution in [0.2, 0.25) is 0 Å². The molecule has 0 saturated heterocycles. The van der Waals surface area contributed by atoms with Crippen LogP contribution in [0, 0.1) is 0 Å². The van der Waals surface area contributed by atoms with Gasteiger partial charge in [0.25, 0.3) is 0 Å². The molecule has 0 amide bonds. The summed E-state index contributed by atoms with van der Waals surface area (Å²) < 4.78 is 4.25. The molecule has 0 heterocycles. The predicted octanol–water partition coefficient (Wildman–Crippen LogP) is 8.07. The molecular weight excluding hydrogens is 536 g/mol. The second-order valence-electron chi connectivity index (χ2n) is 4.74. The number of benzene rings is 3. The summed E-state index contributed by atoms with van der Waals surface area (Å²) in [7, 11) is 0. The van der Waals surface area contributed by atoms with Gasteiger partial charge in [-0.25, -0.2) is 0 Å². The van der Waals surface area contributed by atoms with Gasteiger partial charge in [-0.15, -0.1) is 0 Å². The third-order valence-electron chi connectivity index (χ3n) is 3.40. The fourth-order valence-electron chi connectivity index (χ4n) is 2.40. The summed E-state index contributed by atoms with van der Waals surface area (Å²) in [5.41, 5.74) is 4.67. The van der Waals surface area contributed by atoms with Crippen molar-refractivity contribution < 1.29 is 0 Å². The Hall–Kier alpha value is -0.420. The summed E-state index contributed by atoms with van der Waals surface area (Å²) in [5, 5.41) is 0. The Morgan fingerprint density at radius 3 is 1.73 bits per heavy atom. The van der Waals surface area contributed by atoms with Crippen molar-refractivity contribution in [1.82, 2.24) is 0 Å². The van der Waals surface area contributed by atoms with Crippen LogP contribution in [0.1, 0.15) is 0 Å². The molecule has 0 aromatic heterocycles. The molecule has 22 heavy (non-hydrogen) atoms. The molecule has 3 aromatic rings. The fourth-order valence-corrected chi connectivity index (χ4v) is 4.31. The van der Waals surface area contributed by atoms with Crippen LogP contribution in [0.4, 0.5) is 0 Å². The zero-order chi connectivity index (χ0) is 15.7. The van der Waals surface area contributed by atoms with Gasteiger partial charge < -0.3 is 0 Å². The van der Waals surface area contributed by atoms with E-state index < -0.39 is 0 Å². The van der Waals surface area contributed by atoms with Crippen LogP contribution in [0.15, 0.2) is 78.6 Å². The van der Waals surface area contributed by atoms with E-state index in [1.807, 2.05) is 12.1 Å². The summed E-state index contributed by atoms with van der Waals surface area (Å²) in [5.74, 6) is 0. The molecule has 0 fully saturated rings. The van der Waals surface area contributed by atoms with E-state index in [-0.39, 0.29) is 0 Å². The maximum atomic E-state index is 3.71. The summed E-state index contributed by atoms with van der Waals surface area (Å²) in [6.07, 6.45) is 0. The van der Waals surface area contributed by atoms with Gasteiger partial charge in [0.15, 0.2) is 0 Å². The van der Waals surface area contributed by atoms with Crippen molar-refractivity contribution in [3.63, 3.8) is 0 Å². The molecule has 0 spiro atoms. The lowest BCUT2D eigenvalue weighted by Crippen LogP contribution is -1.89. The maximum absolute atomic E-state index is 3.71. The van der Waals surface area contributed by atoms with Gasteiger partial charge in [0.05, 0.1) is 0 Å². The zero-order valence-corrected chi connectivity index (χ0v) is 17.6. The van der Waals surface area contributed by atoms with E-state index in [2.05, 4.69) is 112 Å². The summed E-state index contributed by atoms with van der Waals surface area (Å²) >= 11 is 14.7. The molecule has 0 unspecified atom stereocenters. The Morgan fingerprint density at radius 1 is 0.455 bits per heavy atom. The van der Waals surface area contributed by atoms with Crippen molar-refractivity contribution in [2.24, 2.45) is 0 Å². The Kier molecular flexibility index (Phi) is 5.23. The third-order valence-corrected chi connectivity index (χ3v) is 6.80. The molecule has 0 aliphatic carbocycles. The van der Waals surface area contributed by atoms with Crippen molar-refractivity contribution in [2.45, 2.75) is 0 Å². The highest BCUT2D eigenvalue weighted by atomic mass is 79.9. The second kappa shape index (κ2) is 7.00. The fraction of sp³-hybridized carbons (Fsp3) is 0. The first kappa shape index (κ1) is 16.4. The first-order valence-electron chi connectivity index (χ1n) is 6.57. The lowest BCUT2D eigenvalue weighted by Gasteiger charge is -2.15. The lowest BCUT2D eigenvalue weighted by atomic mass is 9.95. The lowest BCUT2D eigenvalue weighted by molar-refractivity contribution is 1.51. The molecule has 0 nitrogen and oxygen atoms in total. The Bertz CT molecular complexity index is 840. The minimum absolute atomic E-state index is 1.04. The van der Waals surface area contributed by atoms with Gasteiger partial charge in [0.2, 0.25) is 0 Å². The van der Waals surface area contributed by atoms with Crippen LogP contribution in [0.3, 0.4) is 0 Å². The normalized spacial score (nSPS) is 10.7. The number of rotatable bonds is 2. The van der Waals surface area contributed by atoms with E-state index in [4.69, 9.17) is 0 Å². The quantitative estimate of drug-likeness (QED) is 0.305. The van der Waals surface area contributed by atoms with Gasteiger partial charge >= 0.3 is 0 Å². The summed E-state index contributed by atoms with van der Waals surface area (Å²) in [6.45, 7) is 0. The zero-order valence-electron chi connectivity index (χ0n) is 11.3. The molecule has 0 saturated carbocycles. The van der Waals surface area contributed by atoms with E-state index in [1.165, 1.54) is 11.1 Å². The number of hydrogen-bond donors (Lipinski definition) is 0. The Morgan fingerprint density at radius 2 is 1.00 bits per heavy atom. The molecule has 3 aromatic carbocycles. The van der Waals surface area contributed by atoms with Crippen molar-refractivity contribution in [1.29, 1.82) is 0 Å². The van der Waals surface area contributed by atoms with Crippen LogP contribution in [-0.4, -0.2) is 0 Å². The van der Waals surface area contributed by atoms with Crippen LogP contribution < -0.4 is 0 Å². The van der Waals surface area contributed by atoms with E-state index in [0.29, 0.717) is 0 Å². The largest absolute Gasteiger partial charge is 0.0616 e. The van der Waals surface area contributed by atoms with Gasteiger partial charge in [-0.3, -0.25) is 0 Å². The van der Waals surface area contributed by atoms with E-state index in [9.17, 15) is 0 Å². The van der Waals surface area contributed by atoms with Crippen LogP contribution in [-0.2, 0) is 0 Å². The first-order valence-corrected chi connectivity index (χ1v) is 9.74. The van der Waals surface area contributed by atoms with Crippen LogP contribution in [0.25, 0.3) is 22.3 Å². The molecule has 0 atom stereocenters. The Labute approximate surface area is 163 Å². The minimum Gasteiger partial charge on any atom is -0.0616 e. The standard InChI is InChI=1S/C18H10Br4/c19-14-8-2-1-5-13(14)17-11(6-3-9-15(17)20)12-7-4-10-16(21)18(12)22/h1-10H. The average molecular weight is 546 g/mol. The molecule has 0 bridgehead atoms. The highest BCUT2D eigenvalue weighted by Crippen LogP contribution is 2.43. The molecule has 0 aliphatic rings. The molecule has 0 N–H and O–H groups in total. The Balaban J connectivity index is 2.33. The predicted molar refractivity (Wildman–Crippen MR) is 108 cm³/mol. The number of hydrogen-bond acceptors (Lipinski definition) is 0. The molecule has 3 rings (SSSR count). The van der Waals surface area contributed by atoms with E-state index in [0.717, 1.165) is 29.0 Å². The van der Waals surface area contributed by atoms with E-state index >= 15 is 0 Å². The summed E-state index contributed by atoms with van der Waals surface area (Å²) in [6, 6.07) is 20.8. The van der Waals surface area contributed by atoms with Gasteiger partial charge in [-0.1, -0.05) is 74.3 Å². The minimum atomic E-state index is 1.04. The average Bonchev–Trinajstić information content (AvgIpc) is 2.51. The molecular formula is C18H10Br4. The van der Waals surface area contributed by atoms with Gasteiger partial charge in [0, 0.05) is 23.5 Å². The highest BCUT2D eigenvalue weighted by molar-refractivity contribution is 9.13. The van der Waals surface area contributed by atoms with Crippen molar-refractivity contribution in [3.05, 3.63) is 78.6 Å². The molecule has 0 radical (unpaired) electrons. The molecule has 4 heteroatoms. The van der Waals surface area contributed by atoms with Gasteiger partial charge in [-0.05, 0) is 66.7 Å². The summed E-state index contributed by atoms with van der Waals surface area (Å²) in [4.78, 5) is 0. The van der Waals surface area contributed by atoms with Gasteiger partial charge in [0.1, 0.15) is 0 Å². The highest BCUT2D eigenvalue weighted by Gasteiger charge is 2.15. The first-order chi connectivity index (χ1) is 10.6. The van der Waals surface area contributed by atoms with Crippen LogP contribution >= 0.6 is 63.7 Å². The monoisotopic (exact) mass is 542 g/mol. The van der Waals surface area contributed by atoms with E-state index in [1.54, 1.807) is 0 Å². The van der Waals surface area contributed by atoms with Crippen molar-refractivity contribution >= 4 is 63.7 Å². The topological polar surface area (TPSA) is 0 Å². The SMILES string of the molecule is Brc1ccccc1-c1c(Br)cccc1-c1cccc(Br)c1Br. The third kappa shape index (κ3) is 3.12. The van der Waals surface area contributed by atoms with Gasteiger partial charge in [-0.2, -0.15) is 0 Å². The van der Waals surface area contributed by atoms with Crippen molar-refractivity contribution in [2.75, 3.05) is 0 Å². The van der Waals surface area contributed by atoms with Crippen LogP contribution in [0.5, 0.6) is 0 Å². The second-order valence-corrected chi connectivity index (χ2v) is 8.10. The number of halogens is 4.